The number of pyridine rings is 1. The van der Waals surface area contributed by atoms with Crippen molar-refractivity contribution < 1.29 is 22.4 Å². The molecule has 0 bridgehead atoms. The summed E-state index contributed by atoms with van der Waals surface area (Å²) >= 11 is 0. The Bertz CT molecular complexity index is 939. The van der Waals surface area contributed by atoms with Crippen molar-refractivity contribution in [2.45, 2.75) is 18.1 Å². The van der Waals surface area contributed by atoms with Gasteiger partial charge in [-0.3, -0.25) is 4.79 Å². The molecule has 4 heterocycles. The summed E-state index contributed by atoms with van der Waals surface area (Å²) in [5.74, 6) is -0.913. The van der Waals surface area contributed by atoms with Crippen molar-refractivity contribution in [3.8, 4) is 0 Å². The number of amides is 1. The van der Waals surface area contributed by atoms with Crippen molar-refractivity contribution in [3.05, 3.63) is 41.7 Å². The van der Waals surface area contributed by atoms with Crippen LogP contribution in [0.1, 0.15) is 17.3 Å². The van der Waals surface area contributed by atoms with E-state index in [2.05, 4.69) is 25.6 Å². The van der Waals surface area contributed by atoms with E-state index in [1.165, 1.54) is 4.90 Å². The highest BCUT2D eigenvalue weighted by atomic mass is 19.4. The number of piperazine rings is 1. The molecular formula is C18H19F4N7O. The highest BCUT2D eigenvalue weighted by Crippen LogP contribution is 2.34. The third-order valence-electron chi connectivity index (χ3n) is 5.03. The molecule has 12 heteroatoms. The number of rotatable bonds is 4. The molecule has 3 N–H and O–H groups in total. The lowest BCUT2D eigenvalue weighted by Crippen LogP contribution is -2.59. The third-order valence-corrected chi connectivity index (χ3v) is 5.03. The van der Waals surface area contributed by atoms with Crippen LogP contribution >= 0.6 is 0 Å². The predicted octanol–water partition coefficient (Wildman–Crippen LogP) is 1.02. The molecule has 1 fully saturated rings. The number of carbonyl (C=O) groups is 1. The van der Waals surface area contributed by atoms with Crippen molar-refractivity contribution in [1.29, 1.82) is 0 Å². The van der Waals surface area contributed by atoms with Gasteiger partial charge >= 0.3 is 6.18 Å². The molecule has 8 nitrogen and oxygen atoms in total. The Kier molecular flexibility index (Phi) is 5.41. The minimum absolute atomic E-state index is 0.0696. The number of halogens is 4. The molecule has 0 spiro atoms. The standard InChI is InChI=1S/C18H19F4N7O/c19-12-7-26-15(11-6-25-14-10(11)2-1-3-24-14)28-16(12)29-5-4-23-8-13(29)17(30)27-9-18(20,21)22/h1-3,7,11,13,23H,4-6,8-9H2,(H,24,25)(H,27,30)/t11?,13-/m0/s1. The fourth-order valence-corrected chi connectivity index (χ4v) is 3.62. The first-order valence-electron chi connectivity index (χ1n) is 9.36. The molecule has 0 radical (unpaired) electrons. The number of aromatic nitrogens is 3. The zero-order valence-corrected chi connectivity index (χ0v) is 15.7. The maximum Gasteiger partial charge on any atom is 0.405 e. The summed E-state index contributed by atoms with van der Waals surface area (Å²) in [6.45, 7) is -0.266. The van der Waals surface area contributed by atoms with Crippen molar-refractivity contribution in [2.75, 3.05) is 42.9 Å². The molecule has 4 rings (SSSR count). The van der Waals surface area contributed by atoms with Gasteiger partial charge in [0.1, 0.15) is 24.2 Å². The van der Waals surface area contributed by atoms with Crippen molar-refractivity contribution in [3.63, 3.8) is 0 Å². The highest BCUT2D eigenvalue weighted by molar-refractivity contribution is 5.85. The summed E-state index contributed by atoms with van der Waals surface area (Å²) in [6, 6.07) is 2.62. The maximum absolute atomic E-state index is 14.6. The minimum atomic E-state index is -4.53. The molecule has 2 atom stereocenters. The van der Waals surface area contributed by atoms with Crippen LogP contribution < -0.4 is 20.9 Å². The zero-order valence-electron chi connectivity index (χ0n) is 15.7. The van der Waals surface area contributed by atoms with E-state index in [0.717, 1.165) is 11.8 Å². The van der Waals surface area contributed by atoms with Gasteiger partial charge in [-0.1, -0.05) is 6.07 Å². The number of nitrogens with zero attached hydrogens (tertiary/aromatic N) is 4. The zero-order chi connectivity index (χ0) is 21.3. The number of hydrogen-bond acceptors (Lipinski definition) is 7. The van der Waals surface area contributed by atoms with Gasteiger partial charge in [0.15, 0.2) is 11.6 Å². The van der Waals surface area contributed by atoms with Crippen LogP contribution in [0, 0.1) is 5.82 Å². The van der Waals surface area contributed by atoms with Crippen LogP contribution in [0.25, 0.3) is 0 Å². The van der Waals surface area contributed by atoms with Crippen LogP contribution in [0.4, 0.5) is 29.2 Å². The van der Waals surface area contributed by atoms with E-state index in [-0.39, 0.29) is 24.8 Å². The fourth-order valence-electron chi connectivity index (χ4n) is 3.62. The van der Waals surface area contributed by atoms with E-state index in [1.54, 1.807) is 12.3 Å². The van der Waals surface area contributed by atoms with Crippen LogP contribution in [0.3, 0.4) is 0 Å². The first-order valence-corrected chi connectivity index (χ1v) is 9.36. The second kappa shape index (κ2) is 8.01. The van der Waals surface area contributed by atoms with Crippen LogP contribution in [0.2, 0.25) is 0 Å². The normalized spacial score (nSPS) is 21.1. The molecule has 1 unspecified atom stereocenters. The topological polar surface area (TPSA) is 95.1 Å². The van der Waals surface area contributed by atoms with Crippen molar-refractivity contribution in [2.24, 2.45) is 0 Å². The van der Waals surface area contributed by atoms with Gasteiger partial charge in [-0.25, -0.2) is 19.3 Å². The molecule has 2 aliphatic rings. The number of carbonyl (C=O) groups excluding carboxylic acids is 1. The average molecular weight is 425 g/mol. The Morgan fingerprint density at radius 3 is 2.93 bits per heavy atom. The van der Waals surface area contributed by atoms with Crippen LogP contribution in [0.5, 0.6) is 0 Å². The van der Waals surface area contributed by atoms with Crippen LogP contribution in [0.15, 0.2) is 24.5 Å². The molecule has 0 saturated carbocycles. The van der Waals surface area contributed by atoms with E-state index in [4.69, 9.17) is 0 Å². The maximum atomic E-state index is 14.6. The molecule has 160 valence electrons. The number of nitrogens with one attached hydrogen (secondary N) is 3. The Morgan fingerprint density at radius 2 is 2.13 bits per heavy atom. The summed E-state index contributed by atoms with van der Waals surface area (Å²) in [6.07, 6.45) is -1.86. The molecule has 1 amide bonds. The second-order valence-electron chi connectivity index (χ2n) is 7.02. The van der Waals surface area contributed by atoms with Crippen LogP contribution in [-0.2, 0) is 4.79 Å². The van der Waals surface area contributed by atoms with Gasteiger partial charge in [0.05, 0.1) is 12.1 Å². The van der Waals surface area contributed by atoms with Crippen LogP contribution in [-0.4, -0.2) is 65.8 Å². The molecule has 0 aliphatic carbocycles. The first kappa shape index (κ1) is 20.3. The molecule has 2 aliphatic heterocycles. The monoisotopic (exact) mass is 425 g/mol. The molecule has 0 aromatic carbocycles. The summed E-state index contributed by atoms with van der Waals surface area (Å²) in [5.41, 5.74) is 0.870. The first-order chi connectivity index (χ1) is 14.3. The van der Waals surface area contributed by atoms with Gasteiger partial charge < -0.3 is 20.9 Å². The third kappa shape index (κ3) is 4.13. The van der Waals surface area contributed by atoms with E-state index in [0.29, 0.717) is 24.7 Å². The molecule has 1 saturated heterocycles. The summed E-state index contributed by atoms with van der Waals surface area (Å²) in [4.78, 5) is 26.5. The minimum Gasteiger partial charge on any atom is -0.369 e. The Balaban J connectivity index is 1.60. The number of anilines is 2. The summed E-state index contributed by atoms with van der Waals surface area (Å²) in [5, 5.41) is 7.95. The van der Waals surface area contributed by atoms with E-state index in [1.807, 2.05) is 11.4 Å². The van der Waals surface area contributed by atoms with Gasteiger partial charge in [-0.15, -0.1) is 0 Å². The molecule has 30 heavy (non-hydrogen) atoms. The largest absolute Gasteiger partial charge is 0.405 e. The van der Waals surface area contributed by atoms with E-state index >= 15 is 0 Å². The van der Waals surface area contributed by atoms with Crippen molar-refractivity contribution in [1.82, 2.24) is 25.6 Å². The van der Waals surface area contributed by atoms with Gasteiger partial charge in [-0.05, 0) is 6.07 Å². The number of hydrogen-bond donors (Lipinski definition) is 3. The average Bonchev–Trinajstić information content (AvgIpc) is 3.16. The Labute approximate surface area is 169 Å². The molecule has 2 aromatic rings. The Morgan fingerprint density at radius 1 is 1.30 bits per heavy atom. The lowest BCUT2D eigenvalue weighted by atomic mass is 10.0. The quantitative estimate of drug-likeness (QED) is 0.630. The van der Waals surface area contributed by atoms with E-state index in [9.17, 15) is 22.4 Å². The van der Waals surface area contributed by atoms with Gasteiger partial charge in [-0.2, -0.15) is 13.2 Å². The smallest absolute Gasteiger partial charge is 0.369 e. The second-order valence-corrected chi connectivity index (χ2v) is 7.02. The SMILES string of the molecule is O=C(NCC(F)(F)F)[C@@H]1CNCCN1c1nc(C2CNc3ncccc32)ncc1F. The van der Waals surface area contributed by atoms with Gasteiger partial charge in [0, 0.05) is 37.9 Å². The molecule has 2 aromatic heterocycles. The van der Waals surface area contributed by atoms with Gasteiger partial charge in [0.2, 0.25) is 5.91 Å². The molecular weight excluding hydrogens is 406 g/mol. The summed E-state index contributed by atoms with van der Waals surface area (Å²) < 4.78 is 52.1. The number of alkyl halides is 3. The van der Waals surface area contributed by atoms with E-state index < -0.39 is 30.5 Å². The Hall–Kier alpha value is -3.02. The van der Waals surface area contributed by atoms with Crippen molar-refractivity contribution >= 4 is 17.5 Å². The predicted molar refractivity (Wildman–Crippen MR) is 99.6 cm³/mol. The number of fused-ring (bicyclic) bond motifs is 1. The fraction of sp³-hybridized carbons (Fsp3) is 0.444. The highest BCUT2D eigenvalue weighted by Gasteiger charge is 2.35. The lowest BCUT2D eigenvalue weighted by Gasteiger charge is -2.36. The lowest BCUT2D eigenvalue weighted by molar-refractivity contribution is -0.139. The van der Waals surface area contributed by atoms with Gasteiger partial charge in [0.25, 0.3) is 0 Å². The summed E-state index contributed by atoms with van der Waals surface area (Å²) in [7, 11) is 0.